The molecule has 0 bridgehead atoms. The van der Waals surface area contributed by atoms with Gasteiger partial charge in [-0.25, -0.2) is 4.79 Å². The molecule has 0 aliphatic rings. The molecule has 2 aromatic rings. The molecule has 25 heavy (non-hydrogen) atoms. The van der Waals surface area contributed by atoms with E-state index in [1.54, 1.807) is 42.6 Å². The number of hydrogen-bond donors (Lipinski definition) is 2. The average molecular weight is 383 g/mol. The third-order valence-electron chi connectivity index (χ3n) is 2.95. The summed E-state index contributed by atoms with van der Waals surface area (Å²) >= 11 is 11.8. The molecule has 0 aliphatic heterocycles. The van der Waals surface area contributed by atoms with Crippen molar-refractivity contribution in [2.75, 3.05) is 18.6 Å². The molecule has 2 aromatic carbocycles. The van der Waals surface area contributed by atoms with Crippen LogP contribution in [0.15, 0.2) is 41.5 Å². The van der Waals surface area contributed by atoms with Crippen LogP contribution < -0.4 is 14.9 Å². The largest absolute Gasteiger partial charge is 0.490 e. The number of ether oxygens (including phenoxy) is 2. The fraction of sp³-hybridized carbons (Fsp3) is 0.176. The van der Waals surface area contributed by atoms with Gasteiger partial charge in [0.15, 0.2) is 18.1 Å². The van der Waals surface area contributed by atoms with Gasteiger partial charge in [0.1, 0.15) is 0 Å². The van der Waals surface area contributed by atoms with E-state index in [0.29, 0.717) is 33.8 Å². The third kappa shape index (κ3) is 5.85. The van der Waals surface area contributed by atoms with Crippen molar-refractivity contribution in [3.05, 3.63) is 52.0 Å². The van der Waals surface area contributed by atoms with Gasteiger partial charge in [0.05, 0.1) is 28.6 Å². The molecule has 0 amide bonds. The van der Waals surface area contributed by atoms with Crippen molar-refractivity contribution in [2.24, 2.45) is 5.10 Å². The Hall–Kier alpha value is -2.44. The number of hydrazone groups is 1. The summed E-state index contributed by atoms with van der Waals surface area (Å²) < 4.78 is 10.7. The summed E-state index contributed by atoms with van der Waals surface area (Å²) in [7, 11) is 0. The van der Waals surface area contributed by atoms with Gasteiger partial charge in [-0.1, -0.05) is 23.2 Å². The first kappa shape index (κ1) is 18.9. The molecule has 0 aliphatic carbocycles. The summed E-state index contributed by atoms with van der Waals surface area (Å²) in [5.74, 6) is -0.250. The molecule has 0 radical (unpaired) electrons. The topological polar surface area (TPSA) is 80.1 Å². The molecule has 6 nitrogen and oxygen atoms in total. The Morgan fingerprint density at radius 2 is 1.96 bits per heavy atom. The second kappa shape index (κ2) is 9.15. The first-order chi connectivity index (χ1) is 12.0. The number of rotatable bonds is 8. The van der Waals surface area contributed by atoms with Gasteiger partial charge in [-0.05, 0) is 48.9 Å². The number of halogens is 2. The van der Waals surface area contributed by atoms with E-state index in [-0.39, 0.29) is 0 Å². The van der Waals surface area contributed by atoms with Gasteiger partial charge in [0, 0.05) is 0 Å². The van der Waals surface area contributed by atoms with E-state index in [1.165, 1.54) is 0 Å². The Morgan fingerprint density at radius 1 is 1.16 bits per heavy atom. The van der Waals surface area contributed by atoms with E-state index in [1.807, 2.05) is 6.92 Å². The molecule has 0 fully saturated rings. The van der Waals surface area contributed by atoms with E-state index < -0.39 is 12.6 Å². The summed E-state index contributed by atoms with van der Waals surface area (Å²) in [5.41, 5.74) is 4.28. The molecule has 0 saturated heterocycles. The van der Waals surface area contributed by atoms with E-state index in [9.17, 15) is 4.79 Å². The average Bonchev–Trinajstić information content (AvgIpc) is 2.57. The highest BCUT2D eigenvalue weighted by atomic mass is 35.5. The SMILES string of the molecule is CCOc1cc(/C=N\Nc2ccc(Cl)c(Cl)c2)ccc1OCC(=O)O. The van der Waals surface area contributed by atoms with Crippen LogP contribution in [0.3, 0.4) is 0 Å². The first-order valence-electron chi connectivity index (χ1n) is 7.35. The predicted octanol–water partition coefficient (Wildman–Crippen LogP) is 4.30. The van der Waals surface area contributed by atoms with Crippen molar-refractivity contribution in [1.29, 1.82) is 0 Å². The molecule has 0 heterocycles. The summed E-state index contributed by atoms with van der Waals surface area (Å²) in [4.78, 5) is 10.6. The number of nitrogens with one attached hydrogen (secondary N) is 1. The number of anilines is 1. The number of benzene rings is 2. The number of nitrogens with zero attached hydrogens (tertiary/aromatic N) is 1. The third-order valence-corrected chi connectivity index (χ3v) is 3.68. The summed E-state index contributed by atoms with van der Waals surface area (Å²) in [6.07, 6.45) is 1.59. The highest BCUT2D eigenvalue weighted by Gasteiger charge is 2.08. The molecule has 132 valence electrons. The van der Waals surface area contributed by atoms with Gasteiger partial charge >= 0.3 is 5.97 Å². The highest BCUT2D eigenvalue weighted by Crippen LogP contribution is 2.28. The second-order valence-corrected chi connectivity index (χ2v) is 5.63. The molecule has 0 unspecified atom stereocenters. The zero-order valence-corrected chi connectivity index (χ0v) is 14.8. The van der Waals surface area contributed by atoms with Crippen LogP contribution in [0, 0.1) is 0 Å². The summed E-state index contributed by atoms with van der Waals surface area (Å²) in [6.45, 7) is 1.81. The Kier molecular flexibility index (Phi) is 6.91. The standard InChI is InChI=1S/C17H16Cl2N2O4/c1-2-24-16-7-11(3-6-15(16)25-10-17(22)23)9-20-21-12-4-5-13(18)14(19)8-12/h3-9,21H,2,10H2,1H3,(H,22,23)/b20-9-. The van der Waals surface area contributed by atoms with E-state index in [2.05, 4.69) is 10.5 Å². The molecular weight excluding hydrogens is 367 g/mol. The quantitative estimate of drug-likeness (QED) is 0.525. The van der Waals surface area contributed by atoms with Crippen LogP contribution in [0.5, 0.6) is 11.5 Å². The van der Waals surface area contributed by atoms with Crippen LogP contribution in [0.25, 0.3) is 0 Å². The second-order valence-electron chi connectivity index (χ2n) is 4.82. The van der Waals surface area contributed by atoms with Gasteiger partial charge in [-0.3, -0.25) is 5.43 Å². The molecule has 2 N–H and O–H groups in total. The Bertz CT molecular complexity index is 781. The minimum absolute atomic E-state index is 0.360. The van der Waals surface area contributed by atoms with Crippen molar-refractivity contribution in [3.63, 3.8) is 0 Å². The lowest BCUT2D eigenvalue weighted by atomic mass is 10.2. The number of carboxylic acids is 1. The van der Waals surface area contributed by atoms with Gasteiger partial charge < -0.3 is 14.6 Å². The van der Waals surface area contributed by atoms with E-state index in [0.717, 1.165) is 5.56 Å². The minimum Gasteiger partial charge on any atom is -0.490 e. The maximum atomic E-state index is 10.6. The highest BCUT2D eigenvalue weighted by molar-refractivity contribution is 6.42. The molecule has 0 aromatic heterocycles. The van der Waals surface area contributed by atoms with Gasteiger partial charge in [0.2, 0.25) is 0 Å². The van der Waals surface area contributed by atoms with Gasteiger partial charge in [-0.2, -0.15) is 5.10 Å². The number of aliphatic carboxylic acids is 1. The van der Waals surface area contributed by atoms with Crippen LogP contribution >= 0.6 is 23.2 Å². The van der Waals surface area contributed by atoms with E-state index >= 15 is 0 Å². The smallest absolute Gasteiger partial charge is 0.341 e. The summed E-state index contributed by atoms with van der Waals surface area (Å²) in [5, 5.41) is 13.7. The molecule has 0 atom stereocenters. The van der Waals surface area contributed by atoms with Crippen LogP contribution in [-0.2, 0) is 4.79 Å². The molecule has 8 heteroatoms. The van der Waals surface area contributed by atoms with Crippen molar-refractivity contribution in [1.82, 2.24) is 0 Å². The lowest BCUT2D eigenvalue weighted by Crippen LogP contribution is -2.10. The maximum absolute atomic E-state index is 10.6. The Morgan fingerprint density at radius 3 is 2.64 bits per heavy atom. The number of carboxylic acid groups (broad SMARTS) is 1. The Labute approximate surface area is 155 Å². The van der Waals surface area contributed by atoms with Crippen LogP contribution in [-0.4, -0.2) is 30.5 Å². The van der Waals surface area contributed by atoms with Crippen molar-refractivity contribution in [3.8, 4) is 11.5 Å². The van der Waals surface area contributed by atoms with Gasteiger partial charge in [-0.15, -0.1) is 0 Å². The van der Waals surface area contributed by atoms with Crippen molar-refractivity contribution in [2.45, 2.75) is 6.92 Å². The number of hydrogen-bond acceptors (Lipinski definition) is 5. The Balaban J connectivity index is 2.08. The normalized spacial score (nSPS) is 10.7. The van der Waals surface area contributed by atoms with Crippen molar-refractivity contribution < 1.29 is 19.4 Å². The van der Waals surface area contributed by atoms with E-state index in [4.69, 9.17) is 37.8 Å². The van der Waals surface area contributed by atoms with Crippen LogP contribution in [0.1, 0.15) is 12.5 Å². The molecule has 0 spiro atoms. The van der Waals surface area contributed by atoms with Crippen molar-refractivity contribution >= 4 is 41.1 Å². The number of carbonyl (C=O) groups is 1. The maximum Gasteiger partial charge on any atom is 0.341 e. The zero-order valence-electron chi connectivity index (χ0n) is 13.3. The summed E-state index contributed by atoms with van der Waals surface area (Å²) in [6, 6.07) is 10.2. The first-order valence-corrected chi connectivity index (χ1v) is 8.10. The zero-order chi connectivity index (χ0) is 18.2. The molecule has 0 saturated carbocycles. The fourth-order valence-electron chi connectivity index (χ4n) is 1.88. The fourth-order valence-corrected chi connectivity index (χ4v) is 2.18. The van der Waals surface area contributed by atoms with Crippen LogP contribution in [0.4, 0.5) is 5.69 Å². The van der Waals surface area contributed by atoms with Crippen LogP contribution in [0.2, 0.25) is 10.0 Å². The molecule has 2 rings (SSSR count). The molecular formula is C17H16Cl2N2O4. The minimum atomic E-state index is -1.06. The predicted molar refractivity (Wildman–Crippen MR) is 98.4 cm³/mol. The van der Waals surface area contributed by atoms with Gasteiger partial charge in [0.25, 0.3) is 0 Å². The monoisotopic (exact) mass is 382 g/mol. The lowest BCUT2D eigenvalue weighted by molar-refractivity contribution is -0.139. The lowest BCUT2D eigenvalue weighted by Gasteiger charge is -2.11.